The van der Waals surface area contributed by atoms with Gasteiger partial charge in [0.25, 0.3) is 0 Å². The molecule has 1 aromatic rings. The predicted octanol–water partition coefficient (Wildman–Crippen LogP) is 3.10. The maximum atomic E-state index is 12.6. The summed E-state index contributed by atoms with van der Waals surface area (Å²) in [5.41, 5.74) is -0.0255. The third-order valence-corrected chi connectivity index (χ3v) is 6.25. The van der Waals surface area contributed by atoms with Gasteiger partial charge in [0.2, 0.25) is 15.9 Å². The minimum atomic E-state index is -3.48. The number of nitrogens with one attached hydrogen (secondary N) is 2. The first-order valence-electron chi connectivity index (χ1n) is 9.95. The van der Waals surface area contributed by atoms with E-state index in [1.807, 2.05) is 0 Å². The van der Waals surface area contributed by atoms with Gasteiger partial charge in [-0.05, 0) is 64.3 Å². The molecular weight excluding hydrogens is 394 g/mol. The van der Waals surface area contributed by atoms with Crippen molar-refractivity contribution in [3.8, 4) is 0 Å². The summed E-state index contributed by atoms with van der Waals surface area (Å²) >= 11 is 0. The largest absolute Gasteiger partial charge is 0.444 e. The second-order valence-corrected chi connectivity index (χ2v) is 10.0. The van der Waals surface area contributed by atoms with Crippen LogP contribution >= 0.6 is 0 Å². The van der Waals surface area contributed by atoms with E-state index in [-0.39, 0.29) is 17.2 Å². The van der Waals surface area contributed by atoms with Crippen LogP contribution in [0.2, 0.25) is 0 Å². The Bertz CT molecular complexity index is 794. The maximum absolute atomic E-state index is 12.6. The summed E-state index contributed by atoms with van der Waals surface area (Å²) in [7, 11) is -3.48. The minimum absolute atomic E-state index is 0.206. The first-order valence-corrected chi connectivity index (χ1v) is 11.4. The van der Waals surface area contributed by atoms with Crippen molar-refractivity contribution in [2.75, 3.05) is 25.0 Å². The molecule has 1 fully saturated rings. The van der Waals surface area contributed by atoms with E-state index >= 15 is 0 Å². The Morgan fingerprint density at radius 3 is 2.28 bits per heavy atom. The number of sulfonamides is 1. The smallest absolute Gasteiger partial charge is 0.407 e. The minimum Gasteiger partial charge on any atom is -0.444 e. The van der Waals surface area contributed by atoms with Crippen molar-refractivity contribution in [2.45, 2.75) is 63.4 Å². The van der Waals surface area contributed by atoms with Crippen molar-refractivity contribution in [1.29, 1.82) is 0 Å². The van der Waals surface area contributed by atoms with Gasteiger partial charge < -0.3 is 15.4 Å². The van der Waals surface area contributed by atoms with Crippen LogP contribution in [0.25, 0.3) is 0 Å². The van der Waals surface area contributed by atoms with Gasteiger partial charge in [0.05, 0.1) is 4.90 Å². The molecular formula is C20H31N3O5S. The molecule has 1 saturated heterocycles. The van der Waals surface area contributed by atoms with Gasteiger partial charge in [-0.3, -0.25) is 4.79 Å². The van der Waals surface area contributed by atoms with Crippen LogP contribution in [0.1, 0.15) is 52.9 Å². The van der Waals surface area contributed by atoms with Crippen molar-refractivity contribution < 1.29 is 22.7 Å². The van der Waals surface area contributed by atoms with Crippen molar-refractivity contribution in [3.05, 3.63) is 24.3 Å². The Balaban J connectivity index is 1.77. The third kappa shape index (κ3) is 7.66. The Morgan fingerprint density at radius 2 is 1.69 bits per heavy atom. The molecule has 0 aliphatic carbocycles. The van der Waals surface area contributed by atoms with Gasteiger partial charge in [-0.15, -0.1) is 0 Å². The number of amides is 2. The van der Waals surface area contributed by atoms with E-state index in [1.165, 1.54) is 16.4 Å². The lowest BCUT2D eigenvalue weighted by molar-refractivity contribution is -0.116. The van der Waals surface area contributed by atoms with Crippen LogP contribution in [-0.4, -0.2) is 50.0 Å². The van der Waals surface area contributed by atoms with E-state index < -0.39 is 21.7 Å². The van der Waals surface area contributed by atoms with E-state index in [9.17, 15) is 18.0 Å². The maximum Gasteiger partial charge on any atom is 0.407 e. The van der Waals surface area contributed by atoms with E-state index in [0.717, 1.165) is 19.3 Å². The number of piperidine rings is 1. The van der Waals surface area contributed by atoms with Crippen LogP contribution in [0.4, 0.5) is 10.5 Å². The number of benzene rings is 1. The molecule has 9 heteroatoms. The fourth-order valence-electron chi connectivity index (χ4n) is 2.94. The number of ether oxygens (including phenoxy) is 1. The van der Waals surface area contributed by atoms with Gasteiger partial charge in [0.1, 0.15) is 5.60 Å². The predicted molar refractivity (Wildman–Crippen MR) is 111 cm³/mol. The summed E-state index contributed by atoms with van der Waals surface area (Å²) < 4.78 is 31.9. The zero-order valence-corrected chi connectivity index (χ0v) is 18.2. The number of nitrogens with zero attached hydrogens (tertiary/aromatic N) is 1. The second kappa shape index (κ2) is 10.1. The molecule has 0 unspecified atom stereocenters. The van der Waals surface area contributed by atoms with E-state index in [2.05, 4.69) is 10.6 Å². The second-order valence-electron chi connectivity index (χ2n) is 8.07. The standard InChI is InChI=1S/C20H31N3O5S/c1-20(2,3)28-19(25)21-13-7-8-18(24)22-16-9-11-17(12-10-16)29(26,27)23-14-5-4-6-15-23/h9-12H,4-8,13-15H2,1-3H3,(H,21,25)(H,22,24). The lowest BCUT2D eigenvalue weighted by Crippen LogP contribution is -2.35. The Labute approximate surface area is 173 Å². The molecule has 1 aromatic carbocycles. The van der Waals surface area contributed by atoms with Gasteiger partial charge in [-0.2, -0.15) is 4.31 Å². The number of alkyl carbamates (subject to hydrolysis) is 1. The van der Waals surface area contributed by atoms with E-state index in [1.54, 1.807) is 32.9 Å². The highest BCUT2D eigenvalue weighted by Gasteiger charge is 2.25. The fourth-order valence-corrected chi connectivity index (χ4v) is 4.46. The van der Waals surface area contributed by atoms with Crippen molar-refractivity contribution in [2.24, 2.45) is 0 Å². The lowest BCUT2D eigenvalue weighted by atomic mass is 10.2. The Hall–Kier alpha value is -2.13. The molecule has 0 spiro atoms. The summed E-state index contributed by atoms with van der Waals surface area (Å²) in [6, 6.07) is 6.22. The number of anilines is 1. The van der Waals surface area contributed by atoms with Gasteiger partial charge in [-0.1, -0.05) is 6.42 Å². The summed E-state index contributed by atoms with van der Waals surface area (Å²) in [5, 5.41) is 5.34. The first kappa shape index (κ1) is 23.2. The monoisotopic (exact) mass is 425 g/mol. The average molecular weight is 426 g/mol. The lowest BCUT2D eigenvalue weighted by Gasteiger charge is -2.25. The van der Waals surface area contributed by atoms with Crippen molar-refractivity contribution in [3.63, 3.8) is 0 Å². The molecule has 2 N–H and O–H groups in total. The first-order chi connectivity index (χ1) is 13.6. The van der Waals surface area contributed by atoms with Gasteiger partial charge in [-0.25, -0.2) is 13.2 Å². The number of hydrogen-bond acceptors (Lipinski definition) is 5. The van der Waals surface area contributed by atoms with Crippen LogP contribution in [-0.2, 0) is 19.6 Å². The summed E-state index contributed by atoms with van der Waals surface area (Å²) in [4.78, 5) is 23.8. The highest BCUT2D eigenvalue weighted by molar-refractivity contribution is 7.89. The van der Waals surface area contributed by atoms with E-state index in [4.69, 9.17) is 4.74 Å². The van der Waals surface area contributed by atoms with Crippen molar-refractivity contribution in [1.82, 2.24) is 9.62 Å². The topological polar surface area (TPSA) is 105 Å². The molecule has 2 rings (SSSR count). The molecule has 0 saturated carbocycles. The van der Waals surface area contributed by atoms with Crippen LogP contribution in [0, 0.1) is 0 Å². The quantitative estimate of drug-likeness (QED) is 0.653. The van der Waals surface area contributed by atoms with E-state index in [0.29, 0.717) is 31.7 Å². The van der Waals surface area contributed by atoms with Crippen LogP contribution < -0.4 is 10.6 Å². The molecule has 162 valence electrons. The molecule has 2 amide bonds. The van der Waals surface area contributed by atoms with Gasteiger partial charge in [0.15, 0.2) is 0 Å². The fraction of sp³-hybridized carbons (Fsp3) is 0.600. The molecule has 1 aliphatic heterocycles. The SMILES string of the molecule is CC(C)(C)OC(=O)NCCCC(=O)Nc1ccc(S(=O)(=O)N2CCCCC2)cc1. The third-order valence-electron chi connectivity index (χ3n) is 4.34. The molecule has 0 bridgehead atoms. The Kier molecular flexibility index (Phi) is 8.04. The zero-order chi connectivity index (χ0) is 21.5. The Morgan fingerprint density at radius 1 is 1.07 bits per heavy atom. The van der Waals surface area contributed by atoms with Gasteiger partial charge >= 0.3 is 6.09 Å². The van der Waals surface area contributed by atoms with Crippen LogP contribution in [0.3, 0.4) is 0 Å². The number of rotatable bonds is 7. The number of hydrogen-bond donors (Lipinski definition) is 2. The number of carbonyl (C=O) groups is 2. The summed E-state index contributed by atoms with van der Waals surface area (Å²) in [5.74, 6) is -0.206. The van der Waals surface area contributed by atoms with Crippen molar-refractivity contribution >= 4 is 27.7 Å². The molecule has 0 aromatic heterocycles. The normalized spacial score (nSPS) is 15.6. The molecule has 8 nitrogen and oxygen atoms in total. The highest BCUT2D eigenvalue weighted by atomic mass is 32.2. The molecule has 0 radical (unpaired) electrons. The van der Waals surface area contributed by atoms with Gasteiger partial charge in [0, 0.05) is 31.7 Å². The molecule has 1 heterocycles. The number of carbonyl (C=O) groups excluding carboxylic acids is 2. The molecule has 29 heavy (non-hydrogen) atoms. The summed E-state index contributed by atoms with van der Waals surface area (Å²) in [6.45, 7) is 6.78. The zero-order valence-electron chi connectivity index (χ0n) is 17.4. The average Bonchev–Trinajstić information content (AvgIpc) is 2.65. The molecule has 1 aliphatic rings. The van der Waals surface area contributed by atoms with Crippen LogP contribution in [0.15, 0.2) is 29.2 Å². The summed E-state index contributed by atoms with van der Waals surface area (Å²) in [6.07, 6.45) is 3.01. The molecule has 0 atom stereocenters. The van der Waals surface area contributed by atoms with Crippen LogP contribution in [0.5, 0.6) is 0 Å². The highest BCUT2D eigenvalue weighted by Crippen LogP contribution is 2.22.